The zero-order valence-electron chi connectivity index (χ0n) is 16.7. The molecule has 0 bridgehead atoms. The first-order valence-corrected chi connectivity index (χ1v) is 9.19. The predicted molar refractivity (Wildman–Crippen MR) is 115 cm³/mol. The normalized spacial score (nSPS) is 10.5. The highest BCUT2D eigenvalue weighted by molar-refractivity contribution is 6.10. The molecule has 2 N–H and O–H groups in total. The van der Waals surface area contributed by atoms with Crippen LogP contribution in [0, 0.1) is 10.1 Å². The number of nitro groups is 1. The fraction of sp³-hybridized carbons (Fsp3) is 0.0455. The first-order valence-electron chi connectivity index (χ1n) is 9.19. The van der Waals surface area contributed by atoms with Crippen LogP contribution in [-0.4, -0.2) is 29.6 Å². The van der Waals surface area contributed by atoms with E-state index in [1.165, 1.54) is 37.4 Å². The molecule has 1 aromatic heterocycles. The van der Waals surface area contributed by atoms with E-state index >= 15 is 0 Å². The van der Waals surface area contributed by atoms with Crippen LogP contribution in [0.4, 0.5) is 17.3 Å². The minimum absolute atomic E-state index is 0.208. The molecule has 3 rings (SSSR count). The van der Waals surface area contributed by atoms with Crippen LogP contribution < -0.4 is 15.4 Å². The van der Waals surface area contributed by atoms with Gasteiger partial charge in [0.15, 0.2) is 11.5 Å². The number of rotatable bonds is 8. The summed E-state index contributed by atoms with van der Waals surface area (Å²) in [5.74, 6) is -1.62. The lowest BCUT2D eigenvalue weighted by atomic mass is 10.1. The van der Waals surface area contributed by atoms with Gasteiger partial charge in [0.1, 0.15) is 10.7 Å². The number of ether oxygens (including phenoxy) is 1. The van der Waals surface area contributed by atoms with Crippen LogP contribution >= 0.6 is 0 Å². The second-order valence-electron chi connectivity index (χ2n) is 6.34. The van der Waals surface area contributed by atoms with Crippen molar-refractivity contribution in [1.29, 1.82) is 0 Å². The number of amides is 2. The topological polar surface area (TPSA) is 141 Å². The Balaban J connectivity index is 1.54. The van der Waals surface area contributed by atoms with E-state index in [0.29, 0.717) is 22.7 Å². The summed E-state index contributed by atoms with van der Waals surface area (Å²) in [4.78, 5) is 46.1. The van der Waals surface area contributed by atoms with Crippen LogP contribution in [0.2, 0.25) is 0 Å². The Morgan fingerprint density at radius 3 is 2.09 bits per heavy atom. The number of benzene rings is 2. The molecule has 1 heterocycles. The van der Waals surface area contributed by atoms with Gasteiger partial charge in [0, 0.05) is 23.0 Å². The maximum Gasteiger partial charge on any atom is 0.433 e. The van der Waals surface area contributed by atoms with Crippen LogP contribution in [-0.2, 0) is 4.79 Å². The van der Waals surface area contributed by atoms with E-state index in [4.69, 9.17) is 9.15 Å². The monoisotopic (exact) mass is 435 g/mol. The molecule has 0 aliphatic carbocycles. The Kier molecular flexibility index (Phi) is 6.76. The van der Waals surface area contributed by atoms with Crippen molar-refractivity contribution >= 4 is 34.9 Å². The molecule has 2 aromatic carbocycles. The summed E-state index contributed by atoms with van der Waals surface area (Å²) in [6.45, 7) is 0. The number of ketones is 1. The third-order valence-electron chi connectivity index (χ3n) is 4.17. The molecular formula is C22H17N3O7. The predicted octanol–water partition coefficient (Wildman–Crippen LogP) is 3.83. The average Bonchev–Trinajstić information content (AvgIpc) is 3.30. The molecule has 32 heavy (non-hydrogen) atoms. The number of carbonyl (C=O) groups is 3. The van der Waals surface area contributed by atoms with Crippen molar-refractivity contribution in [3.8, 4) is 5.75 Å². The van der Waals surface area contributed by atoms with Crippen LogP contribution in [0.5, 0.6) is 5.75 Å². The van der Waals surface area contributed by atoms with Gasteiger partial charge < -0.3 is 19.8 Å². The molecule has 10 nitrogen and oxygen atoms in total. The number of carbonyl (C=O) groups excluding carboxylic acids is 3. The average molecular weight is 435 g/mol. The minimum Gasteiger partial charge on any atom is -0.497 e. The number of furan rings is 1. The van der Waals surface area contributed by atoms with E-state index in [0.717, 1.165) is 18.2 Å². The molecule has 3 aromatic rings. The molecule has 0 radical (unpaired) electrons. The zero-order valence-corrected chi connectivity index (χ0v) is 16.7. The molecule has 0 atom stereocenters. The molecular weight excluding hydrogens is 418 g/mol. The van der Waals surface area contributed by atoms with Crippen LogP contribution in [0.1, 0.15) is 20.9 Å². The van der Waals surface area contributed by atoms with E-state index in [1.54, 1.807) is 24.3 Å². The summed E-state index contributed by atoms with van der Waals surface area (Å²) in [5.41, 5.74) is 1.23. The molecule has 162 valence electrons. The number of anilines is 2. The third-order valence-corrected chi connectivity index (χ3v) is 4.17. The lowest BCUT2D eigenvalue weighted by Gasteiger charge is -2.06. The van der Waals surface area contributed by atoms with Crippen molar-refractivity contribution in [2.75, 3.05) is 17.7 Å². The summed E-state index contributed by atoms with van der Waals surface area (Å²) >= 11 is 0. The van der Waals surface area contributed by atoms with Gasteiger partial charge in [-0.15, -0.1) is 0 Å². The molecule has 0 spiro atoms. The number of hydrogen-bond acceptors (Lipinski definition) is 7. The number of allylic oxidation sites excluding steroid dienone is 1. The Hall–Kier alpha value is -4.73. The van der Waals surface area contributed by atoms with Gasteiger partial charge in [-0.05, 0) is 60.7 Å². The van der Waals surface area contributed by atoms with Crippen molar-refractivity contribution in [2.24, 2.45) is 0 Å². The summed E-state index contributed by atoms with van der Waals surface area (Å²) in [6.07, 6.45) is 2.28. The molecule has 10 heteroatoms. The summed E-state index contributed by atoms with van der Waals surface area (Å²) in [5, 5.41) is 15.7. The Morgan fingerprint density at radius 1 is 0.906 bits per heavy atom. The number of methoxy groups -OCH3 is 1. The van der Waals surface area contributed by atoms with Crippen molar-refractivity contribution in [3.63, 3.8) is 0 Å². The number of hydrogen-bond donors (Lipinski definition) is 2. The highest BCUT2D eigenvalue weighted by Gasteiger charge is 2.17. The second kappa shape index (κ2) is 9.85. The van der Waals surface area contributed by atoms with Crippen molar-refractivity contribution in [2.45, 2.75) is 0 Å². The van der Waals surface area contributed by atoms with Gasteiger partial charge >= 0.3 is 5.88 Å². The maximum absolute atomic E-state index is 12.1. The van der Waals surface area contributed by atoms with Crippen molar-refractivity contribution in [3.05, 3.63) is 94.3 Å². The minimum atomic E-state index is -0.743. The first-order chi connectivity index (χ1) is 15.4. The van der Waals surface area contributed by atoms with E-state index in [1.807, 2.05) is 0 Å². The fourth-order valence-electron chi connectivity index (χ4n) is 2.56. The van der Waals surface area contributed by atoms with Crippen LogP contribution in [0.25, 0.3) is 0 Å². The van der Waals surface area contributed by atoms with Crippen molar-refractivity contribution in [1.82, 2.24) is 0 Å². The Morgan fingerprint density at radius 2 is 1.53 bits per heavy atom. The van der Waals surface area contributed by atoms with E-state index < -0.39 is 22.6 Å². The summed E-state index contributed by atoms with van der Waals surface area (Å²) in [7, 11) is 1.52. The van der Waals surface area contributed by atoms with E-state index in [2.05, 4.69) is 10.6 Å². The highest BCUT2D eigenvalue weighted by atomic mass is 16.6. The van der Waals surface area contributed by atoms with E-state index in [9.17, 15) is 24.5 Å². The SMILES string of the molecule is COc1ccc(C(=O)/C=C/C(=O)Nc2ccc(NC(=O)c3ccc([N+](=O)[O-])o3)cc2)cc1. The summed E-state index contributed by atoms with van der Waals surface area (Å²) in [6, 6.07) is 14.9. The quantitative estimate of drug-likeness (QED) is 0.237. The molecule has 0 saturated carbocycles. The van der Waals surface area contributed by atoms with Gasteiger partial charge in [-0.2, -0.15) is 0 Å². The molecule has 0 fully saturated rings. The maximum atomic E-state index is 12.1. The first kappa shape index (κ1) is 22.0. The highest BCUT2D eigenvalue weighted by Crippen LogP contribution is 2.19. The second-order valence-corrected chi connectivity index (χ2v) is 6.34. The molecule has 0 aliphatic heterocycles. The van der Waals surface area contributed by atoms with Gasteiger partial charge in [-0.3, -0.25) is 24.5 Å². The number of nitrogens with zero attached hydrogens (tertiary/aromatic N) is 1. The smallest absolute Gasteiger partial charge is 0.433 e. The number of nitrogens with one attached hydrogen (secondary N) is 2. The molecule has 0 aliphatic rings. The molecule has 0 unspecified atom stereocenters. The lowest BCUT2D eigenvalue weighted by molar-refractivity contribution is -0.402. The zero-order chi connectivity index (χ0) is 23.1. The Labute approximate surface area is 181 Å². The van der Waals surface area contributed by atoms with Gasteiger partial charge in [0.05, 0.1) is 13.2 Å². The van der Waals surface area contributed by atoms with Crippen LogP contribution in [0.15, 0.2) is 77.2 Å². The molecule has 2 amide bonds. The van der Waals surface area contributed by atoms with Gasteiger partial charge in [-0.1, -0.05) is 0 Å². The third kappa shape index (κ3) is 5.66. The van der Waals surface area contributed by atoms with E-state index in [-0.39, 0.29) is 11.5 Å². The largest absolute Gasteiger partial charge is 0.497 e. The Bertz CT molecular complexity index is 1180. The van der Waals surface area contributed by atoms with Gasteiger partial charge in [0.25, 0.3) is 5.91 Å². The molecule has 0 saturated heterocycles. The van der Waals surface area contributed by atoms with Gasteiger partial charge in [-0.25, -0.2) is 0 Å². The van der Waals surface area contributed by atoms with Crippen molar-refractivity contribution < 1.29 is 28.5 Å². The van der Waals surface area contributed by atoms with Crippen LogP contribution in [0.3, 0.4) is 0 Å². The summed E-state index contributed by atoms with van der Waals surface area (Å²) < 4.78 is 9.86. The lowest BCUT2D eigenvalue weighted by Crippen LogP contribution is -2.11. The van der Waals surface area contributed by atoms with Gasteiger partial charge in [0.2, 0.25) is 5.91 Å². The fourth-order valence-corrected chi connectivity index (χ4v) is 2.56. The standard InChI is InChI=1S/C22H17N3O7/c1-31-17-8-2-14(3-9-17)18(26)10-12-20(27)23-15-4-6-16(7-5-15)24-22(28)19-11-13-21(32-19)25(29)30/h2-13H,1H3,(H,23,27)(H,24,28)/b12-10+.